The van der Waals surface area contributed by atoms with Gasteiger partial charge in [0.1, 0.15) is 18.0 Å². The molecular formula is C38H57N5O6S. The van der Waals surface area contributed by atoms with Crippen molar-refractivity contribution in [2.45, 2.75) is 104 Å². The van der Waals surface area contributed by atoms with E-state index in [1.165, 1.54) is 0 Å². The van der Waals surface area contributed by atoms with Crippen molar-refractivity contribution in [1.29, 1.82) is 0 Å². The number of aromatic nitrogens is 1. The molecule has 0 spiro atoms. The van der Waals surface area contributed by atoms with E-state index in [4.69, 9.17) is 4.74 Å². The normalized spacial score (nSPS) is 18.0. The molecule has 0 saturated carbocycles. The van der Waals surface area contributed by atoms with Crippen molar-refractivity contribution in [2.75, 3.05) is 33.9 Å². The highest BCUT2D eigenvalue weighted by molar-refractivity contribution is 7.12. The number of thiazole rings is 1. The highest BCUT2D eigenvalue weighted by atomic mass is 32.1. The van der Waals surface area contributed by atoms with Crippen molar-refractivity contribution < 1.29 is 28.7 Å². The number of benzene rings is 1. The highest BCUT2D eigenvalue weighted by Crippen LogP contribution is 2.24. The van der Waals surface area contributed by atoms with Gasteiger partial charge in [0.05, 0.1) is 12.6 Å². The Kier molecular flexibility index (Phi) is 16.7. The minimum absolute atomic E-state index is 0.00170. The summed E-state index contributed by atoms with van der Waals surface area (Å²) in [4.78, 5) is 74.5. The van der Waals surface area contributed by atoms with Gasteiger partial charge in [-0.05, 0) is 56.7 Å². The molecule has 0 radical (unpaired) electrons. The van der Waals surface area contributed by atoms with Crippen molar-refractivity contribution in [3.8, 4) is 0 Å². The van der Waals surface area contributed by atoms with E-state index in [0.717, 1.165) is 49.0 Å². The molecule has 0 aliphatic carbocycles. The fraction of sp³-hybridized carbons (Fsp3) is 0.632. The molecule has 2 N–H and O–H groups in total. The summed E-state index contributed by atoms with van der Waals surface area (Å²) in [6.07, 6.45) is 5.35. The van der Waals surface area contributed by atoms with Gasteiger partial charge in [-0.2, -0.15) is 0 Å². The van der Waals surface area contributed by atoms with Gasteiger partial charge in [0.2, 0.25) is 11.8 Å². The molecule has 1 aromatic heterocycles. The first-order chi connectivity index (χ1) is 23.9. The Labute approximate surface area is 301 Å². The van der Waals surface area contributed by atoms with E-state index >= 15 is 0 Å². The maximum Gasteiger partial charge on any atom is 0.271 e. The number of carbonyl (C=O) groups excluding carboxylic acids is 5. The van der Waals surface area contributed by atoms with Crippen LogP contribution in [-0.4, -0.2) is 103 Å². The van der Waals surface area contributed by atoms with Gasteiger partial charge >= 0.3 is 0 Å². The zero-order valence-electron chi connectivity index (χ0n) is 30.9. The Morgan fingerprint density at radius 1 is 1.10 bits per heavy atom. The molecule has 6 atom stereocenters. The van der Waals surface area contributed by atoms with Crippen molar-refractivity contribution in [2.24, 2.45) is 17.8 Å². The van der Waals surface area contributed by atoms with Crippen LogP contribution in [0, 0.1) is 17.8 Å². The zero-order valence-corrected chi connectivity index (χ0v) is 31.7. The third-order valence-electron chi connectivity index (χ3n) is 9.76. The van der Waals surface area contributed by atoms with Crippen molar-refractivity contribution in [3.63, 3.8) is 0 Å². The number of ketones is 1. The molecule has 1 saturated heterocycles. The lowest BCUT2D eigenvalue weighted by molar-refractivity contribution is -0.142. The molecule has 0 bridgehead atoms. The molecule has 2 heterocycles. The first kappa shape index (κ1) is 40.9. The second kappa shape index (κ2) is 20.4. The third kappa shape index (κ3) is 11.8. The van der Waals surface area contributed by atoms with Gasteiger partial charge in [-0.3, -0.25) is 24.1 Å². The van der Waals surface area contributed by atoms with Gasteiger partial charge in [0.25, 0.3) is 5.91 Å². The van der Waals surface area contributed by atoms with Crippen molar-refractivity contribution in [3.05, 3.63) is 52.0 Å². The number of nitrogens with zero attached hydrogens (tertiary/aromatic N) is 3. The SMILES string of the molecule is CCC(C)C(NC(=O)C1CCCCN1C)C(=O)N(CCOC)[C@H](CC(=O)c1nc(C(=O)N[C@@H](Cc2ccccc2)C[C@H](C)C=O)cs1)C(C)C. The fourth-order valence-electron chi connectivity index (χ4n) is 6.49. The Morgan fingerprint density at radius 2 is 1.82 bits per heavy atom. The summed E-state index contributed by atoms with van der Waals surface area (Å²) < 4.78 is 5.38. The van der Waals surface area contributed by atoms with E-state index in [9.17, 15) is 24.0 Å². The van der Waals surface area contributed by atoms with Crippen molar-refractivity contribution in [1.82, 2.24) is 25.4 Å². The lowest BCUT2D eigenvalue weighted by Gasteiger charge is -2.39. The molecule has 2 aromatic rings. The van der Waals surface area contributed by atoms with Crippen molar-refractivity contribution >= 4 is 41.1 Å². The van der Waals surface area contributed by atoms with E-state index in [1.807, 2.05) is 76.9 Å². The minimum atomic E-state index is -0.753. The lowest BCUT2D eigenvalue weighted by atomic mass is 9.92. The topological polar surface area (TPSA) is 138 Å². The molecule has 3 rings (SSSR count). The zero-order chi connectivity index (χ0) is 36.8. The summed E-state index contributed by atoms with van der Waals surface area (Å²) in [7, 11) is 3.51. The van der Waals surface area contributed by atoms with Crippen LogP contribution in [-0.2, 0) is 25.5 Å². The van der Waals surface area contributed by atoms with Gasteiger partial charge < -0.3 is 25.1 Å². The number of ether oxygens (including phenoxy) is 1. The molecule has 11 nitrogen and oxygen atoms in total. The highest BCUT2D eigenvalue weighted by Gasteiger charge is 2.38. The molecule has 1 aliphatic rings. The number of likely N-dealkylation sites (tertiary alicyclic amines) is 1. The van der Waals surface area contributed by atoms with Crippen LogP contribution in [0.5, 0.6) is 0 Å². The number of Topliss-reactive ketones (excluding diaryl/α,β-unsaturated/α-hetero) is 1. The molecule has 3 amide bonds. The molecule has 1 aliphatic heterocycles. The number of hydrogen-bond donors (Lipinski definition) is 2. The van der Waals surface area contributed by atoms with Crippen LogP contribution in [0.25, 0.3) is 0 Å². The lowest BCUT2D eigenvalue weighted by Crippen LogP contribution is -2.59. The van der Waals surface area contributed by atoms with Crippen LogP contribution in [0.2, 0.25) is 0 Å². The number of methoxy groups -OCH3 is 1. The average molecular weight is 712 g/mol. The number of likely N-dealkylation sites (N-methyl/N-ethyl adjacent to an activating group) is 1. The first-order valence-electron chi connectivity index (χ1n) is 18.0. The van der Waals surface area contributed by atoms with Crippen LogP contribution < -0.4 is 10.6 Å². The Hall–Kier alpha value is -3.48. The van der Waals surface area contributed by atoms with Gasteiger partial charge in [-0.1, -0.05) is 77.8 Å². The van der Waals surface area contributed by atoms with Gasteiger partial charge in [0, 0.05) is 43.5 Å². The molecule has 1 fully saturated rings. The number of nitrogens with one attached hydrogen (secondary N) is 2. The summed E-state index contributed by atoms with van der Waals surface area (Å²) in [5.74, 6) is -1.53. The van der Waals surface area contributed by atoms with Gasteiger partial charge in [-0.15, -0.1) is 11.3 Å². The van der Waals surface area contributed by atoms with E-state index in [1.54, 1.807) is 17.4 Å². The predicted octanol–water partition coefficient (Wildman–Crippen LogP) is 4.80. The maximum absolute atomic E-state index is 14.4. The second-order valence-electron chi connectivity index (χ2n) is 14.1. The minimum Gasteiger partial charge on any atom is -0.383 e. The van der Waals surface area contributed by atoms with E-state index in [2.05, 4.69) is 15.6 Å². The number of piperidine rings is 1. The smallest absolute Gasteiger partial charge is 0.271 e. The predicted molar refractivity (Wildman–Crippen MR) is 196 cm³/mol. The monoisotopic (exact) mass is 711 g/mol. The molecule has 1 aromatic carbocycles. The average Bonchev–Trinajstić information content (AvgIpc) is 3.61. The quantitative estimate of drug-likeness (QED) is 0.148. The van der Waals surface area contributed by atoms with Gasteiger partial charge in [0.15, 0.2) is 10.8 Å². The van der Waals surface area contributed by atoms with Crippen LogP contribution in [0.15, 0.2) is 35.7 Å². The molecule has 276 valence electrons. The second-order valence-corrected chi connectivity index (χ2v) is 14.9. The number of carbonyl (C=O) groups is 5. The largest absolute Gasteiger partial charge is 0.383 e. The van der Waals surface area contributed by atoms with E-state index < -0.39 is 18.0 Å². The standard InChI is InChI=1S/C38H57N5O6S/c1-8-27(5)34(41-36(47)31-16-12-13-17-42(31)6)38(48)43(18-19-49-7)32(25(2)3)22-33(45)37-40-30(24-50-37)35(46)39-29(20-26(4)23-44)21-28-14-10-9-11-15-28/h9-11,14-15,23-27,29,31-32,34H,8,12-13,16-22H2,1-7H3,(H,39,46)(H,41,47)/t26-,27?,29+,31?,32+,34?/m0/s1. The Balaban J connectivity index is 1.79. The molecule has 50 heavy (non-hydrogen) atoms. The van der Waals surface area contributed by atoms with Crippen LogP contribution >= 0.6 is 11.3 Å². The van der Waals surface area contributed by atoms with Crippen LogP contribution in [0.3, 0.4) is 0 Å². The molecule has 12 heteroatoms. The number of hydrogen-bond acceptors (Lipinski definition) is 9. The first-order valence-corrected chi connectivity index (χ1v) is 18.9. The summed E-state index contributed by atoms with van der Waals surface area (Å²) >= 11 is 1.10. The summed E-state index contributed by atoms with van der Waals surface area (Å²) in [5, 5.41) is 7.87. The van der Waals surface area contributed by atoms with Crippen LogP contribution in [0.4, 0.5) is 0 Å². The number of amides is 3. The molecule has 3 unspecified atom stereocenters. The number of aldehydes is 1. The maximum atomic E-state index is 14.4. The van der Waals surface area contributed by atoms with E-state index in [-0.39, 0.29) is 77.7 Å². The van der Waals surface area contributed by atoms with Crippen LogP contribution in [0.1, 0.15) is 99.0 Å². The fourth-order valence-corrected chi connectivity index (χ4v) is 7.24. The Morgan fingerprint density at radius 3 is 2.44 bits per heavy atom. The summed E-state index contributed by atoms with van der Waals surface area (Å²) in [6.45, 7) is 11.1. The third-order valence-corrected chi connectivity index (χ3v) is 10.6. The summed E-state index contributed by atoms with van der Waals surface area (Å²) in [5.41, 5.74) is 1.17. The van der Waals surface area contributed by atoms with E-state index in [0.29, 0.717) is 19.3 Å². The molecular weight excluding hydrogens is 655 g/mol. The Bertz CT molecular complexity index is 1400. The number of rotatable bonds is 20. The van der Waals surface area contributed by atoms with Gasteiger partial charge in [-0.25, -0.2) is 4.98 Å². The summed E-state index contributed by atoms with van der Waals surface area (Å²) in [6, 6.07) is 7.92.